The van der Waals surface area contributed by atoms with Gasteiger partial charge in [-0.2, -0.15) is 0 Å². The molecule has 2 aromatic carbocycles. The third kappa shape index (κ3) is 4.66. The molecule has 0 radical (unpaired) electrons. The monoisotopic (exact) mass is 445 g/mol. The quantitative estimate of drug-likeness (QED) is 0.332. The molecule has 1 saturated heterocycles. The summed E-state index contributed by atoms with van der Waals surface area (Å²) in [4.78, 5) is 42.3. The first-order chi connectivity index (χ1) is 14.3. The Balaban J connectivity index is 1.70. The Labute approximate surface area is 183 Å². The number of ether oxygens (including phenoxy) is 1. The van der Waals surface area contributed by atoms with E-state index in [2.05, 4.69) is 15.0 Å². The van der Waals surface area contributed by atoms with E-state index in [4.69, 9.17) is 11.6 Å². The van der Waals surface area contributed by atoms with Gasteiger partial charge in [-0.15, -0.1) is 0 Å². The third-order valence-corrected chi connectivity index (χ3v) is 6.10. The first-order valence-electron chi connectivity index (χ1n) is 9.06. The molecule has 2 amide bonds. The number of amides is 2. The Morgan fingerprint density at radius 2 is 1.93 bits per heavy atom. The van der Waals surface area contributed by atoms with Gasteiger partial charge >= 0.3 is 5.97 Å². The normalized spacial score (nSPS) is 16.7. The highest BCUT2D eigenvalue weighted by Crippen LogP contribution is 2.32. The summed E-state index contributed by atoms with van der Waals surface area (Å²) in [6, 6.07) is 11.8. The van der Waals surface area contributed by atoms with E-state index >= 15 is 0 Å². The Bertz CT molecular complexity index is 1020. The molecule has 30 heavy (non-hydrogen) atoms. The zero-order chi connectivity index (χ0) is 21.8. The molecule has 0 spiro atoms. The second-order valence-electron chi connectivity index (χ2n) is 6.53. The zero-order valence-electron chi connectivity index (χ0n) is 16.6. The molecule has 1 aliphatic heterocycles. The van der Waals surface area contributed by atoms with Gasteiger partial charge in [0.05, 0.1) is 18.4 Å². The van der Waals surface area contributed by atoms with Gasteiger partial charge in [-0.1, -0.05) is 29.4 Å². The van der Waals surface area contributed by atoms with E-state index in [1.54, 1.807) is 49.5 Å². The summed E-state index contributed by atoms with van der Waals surface area (Å²) in [6.07, 6.45) is 0.0664. The molecule has 3 rings (SSSR count). The molecule has 156 valence electrons. The standard InChI is InChI=1S/C21H20ClN3O4S/c1-12-4-9-15(10-16(12)22)25-18(26)11-17(19(25)27)30-21(23-2)24-14-7-5-13(6-8-14)20(28)29-3/h4-10,17H,11H2,1-3H3,(H,23,24). The van der Waals surface area contributed by atoms with Crippen molar-refractivity contribution in [3.05, 3.63) is 58.6 Å². The number of nitrogens with one attached hydrogen (secondary N) is 1. The number of benzene rings is 2. The lowest BCUT2D eigenvalue weighted by Gasteiger charge is -2.16. The van der Waals surface area contributed by atoms with Crippen LogP contribution in [0.1, 0.15) is 22.3 Å². The van der Waals surface area contributed by atoms with Gasteiger partial charge in [-0.05, 0) is 48.9 Å². The van der Waals surface area contributed by atoms with Gasteiger partial charge in [-0.25, -0.2) is 9.69 Å². The largest absolute Gasteiger partial charge is 0.465 e. The number of aliphatic imine (C=N–C) groups is 1. The lowest BCUT2D eigenvalue weighted by molar-refractivity contribution is -0.121. The van der Waals surface area contributed by atoms with Crippen LogP contribution >= 0.6 is 23.4 Å². The summed E-state index contributed by atoms with van der Waals surface area (Å²) in [5.41, 5.74) is 2.45. The molecule has 1 atom stereocenters. The number of imide groups is 1. The van der Waals surface area contributed by atoms with Crippen LogP contribution in [-0.4, -0.2) is 42.4 Å². The first-order valence-corrected chi connectivity index (χ1v) is 10.3. The molecule has 1 heterocycles. The Hall–Kier alpha value is -2.84. The van der Waals surface area contributed by atoms with Gasteiger partial charge in [-0.3, -0.25) is 14.6 Å². The minimum absolute atomic E-state index is 0.0664. The van der Waals surface area contributed by atoms with Crippen LogP contribution in [0.2, 0.25) is 5.02 Å². The van der Waals surface area contributed by atoms with Crippen molar-refractivity contribution in [1.82, 2.24) is 0 Å². The van der Waals surface area contributed by atoms with E-state index in [0.717, 1.165) is 5.56 Å². The van der Waals surface area contributed by atoms with Crippen molar-refractivity contribution < 1.29 is 19.1 Å². The molecule has 1 N–H and O–H groups in total. The van der Waals surface area contributed by atoms with Gasteiger partial charge < -0.3 is 10.1 Å². The van der Waals surface area contributed by atoms with Crippen molar-refractivity contribution in [3.8, 4) is 0 Å². The summed E-state index contributed by atoms with van der Waals surface area (Å²) < 4.78 is 4.68. The lowest BCUT2D eigenvalue weighted by Crippen LogP contribution is -2.31. The maximum Gasteiger partial charge on any atom is 0.337 e. The molecule has 9 heteroatoms. The van der Waals surface area contributed by atoms with Gasteiger partial charge in [0.2, 0.25) is 11.8 Å². The van der Waals surface area contributed by atoms with Crippen molar-refractivity contribution in [2.24, 2.45) is 4.99 Å². The summed E-state index contributed by atoms with van der Waals surface area (Å²) >= 11 is 7.33. The Morgan fingerprint density at radius 3 is 2.53 bits per heavy atom. The van der Waals surface area contributed by atoms with Crippen LogP contribution in [0, 0.1) is 6.92 Å². The SMILES string of the molecule is CN=C(Nc1ccc(C(=O)OC)cc1)SC1CC(=O)N(c2ccc(C)c(Cl)c2)C1=O. The highest BCUT2D eigenvalue weighted by atomic mass is 35.5. The van der Waals surface area contributed by atoms with Crippen LogP contribution in [0.5, 0.6) is 0 Å². The Kier molecular flexibility index (Phi) is 6.79. The minimum atomic E-state index is -0.599. The number of rotatable bonds is 4. The third-order valence-electron chi connectivity index (χ3n) is 4.53. The number of hydrogen-bond donors (Lipinski definition) is 1. The number of carbonyl (C=O) groups excluding carboxylic acids is 3. The van der Waals surface area contributed by atoms with Crippen molar-refractivity contribution in [2.75, 3.05) is 24.4 Å². The number of carbonyl (C=O) groups is 3. The average molecular weight is 446 g/mol. The molecule has 1 unspecified atom stereocenters. The maximum atomic E-state index is 12.9. The number of thioether (sulfide) groups is 1. The fourth-order valence-electron chi connectivity index (χ4n) is 2.89. The second-order valence-corrected chi connectivity index (χ2v) is 8.13. The predicted molar refractivity (Wildman–Crippen MR) is 119 cm³/mol. The van der Waals surface area contributed by atoms with Gasteiger partial charge in [0.15, 0.2) is 5.17 Å². The molecule has 0 aromatic heterocycles. The topological polar surface area (TPSA) is 88.1 Å². The molecule has 0 saturated carbocycles. The van der Waals surface area contributed by atoms with E-state index in [1.165, 1.54) is 23.8 Å². The number of hydrogen-bond acceptors (Lipinski definition) is 6. The summed E-state index contributed by atoms with van der Waals surface area (Å²) in [6.45, 7) is 1.85. The van der Waals surface area contributed by atoms with E-state index in [9.17, 15) is 14.4 Å². The molecular weight excluding hydrogens is 426 g/mol. The number of anilines is 2. The van der Waals surface area contributed by atoms with Crippen molar-refractivity contribution >= 4 is 57.7 Å². The number of aryl methyl sites for hydroxylation is 1. The van der Waals surface area contributed by atoms with Crippen molar-refractivity contribution in [2.45, 2.75) is 18.6 Å². The van der Waals surface area contributed by atoms with E-state index in [0.29, 0.717) is 27.1 Å². The van der Waals surface area contributed by atoms with Gasteiger partial charge in [0.1, 0.15) is 5.25 Å². The molecule has 0 aliphatic carbocycles. The van der Waals surface area contributed by atoms with Crippen molar-refractivity contribution in [3.63, 3.8) is 0 Å². The van der Waals surface area contributed by atoms with Gasteiger partial charge in [0.25, 0.3) is 0 Å². The second kappa shape index (κ2) is 9.32. The van der Waals surface area contributed by atoms with Crippen LogP contribution in [0.25, 0.3) is 0 Å². The van der Waals surface area contributed by atoms with Gasteiger partial charge in [0, 0.05) is 24.2 Å². The van der Waals surface area contributed by atoms with Crippen LogP contribution in [0.4, 0.5) is 11.4 Å². The number of methoxy groups -OCH3 is 1. The molecular formula is C21H20ClN3O4S. The number of nitrogens with zero attached hydrogens (tertiary/aromatic N) is 2. The maximum absolute atomic E-state index is 12.9. The molecule has 0 bridgehead atoms. The van der Waals surface area contributed by atoms with Crippen LogP contribution in [0.3, 0.4) is 0 Å². The minimum Gasteiger partial charge on any atom is -0.465 e. The lowest BCUT2D eigenvalue weighted by atomic mass is 10.2. The average Bonchev–Trinajstić information content (AvgIpc) is 3.02. The number of esters is 1. The fourth-order valence-corrected chi connectivity index (χ4v) is 4.05. The molecule has 2 aromatic rings. The van der Waals surface area contributed by atoms with E-state index < -0.39 is 11.2 Å². The zero-order valence-corrected chi connectivity index (χ0v) is 18.2. The molecule has 1 fully saturated rings. The fraction of sp³-hybridized carbons (Fsp3) is 0.238. The van der Waals surface area contributed by atoms with Crippen LogP contribution in [0.15, 0.2) is 47.5 Å². The first kappa shape index (κ1) is 21.9. The summed E-state index contributed by atoms with van der Waals surface area (Å²) in [5.74, 6) is -1.02. The Morgan fingerprint density at radius 1 is 1.23 bits per heavy atom. The predicted octanol–water partition coefficient (Wildman–Crippen LogP) is 3.90. The molecule has 7 nitrogen and oxygen atoms in total. The van der Waals surface area contributed by atoms with Crippen LogP contribution < -0.4 is 10.2 Å². The summed E-state index contributed by atoms with van der Waals surface area (Å²) in [5, 5.41) is 3.48. The summed E-state index contributed by atoms with van der Waals surface area (Å²) in [7, 11) is 2.91. The van der Waals surface area contributed by atoms with E-state index in [-0.39, 0.29) is 18.2 Å². The van der Waals surface area contributed by atoms with E-state index in [1.807, 2.05) is 6.92 Å². The number of halogens is 1. The number of amidine groups is 1. The van der Waals surface area contributed by atoms with Crippen LogP contribution in [-0.2, 0) is 14.3 Å². The van der Waals surface area contributed by atoms with Crippen molar-refractivity contribution in [1.29, 1.82) is 0 Å². The highest BCUT2D eigenvalue weighted by molar-refractivity contribution is 8.15. The molecule has 1 aliphatic rings. The highest BCUT2D eigenvalue weighted by Gasteiger charge is 2.40. The smallest absolute Gasteiger partial charge is 0.337 e.